The van der Waals surface area contributed by atoms with Crippen LogP contribution in [0.4, 0.5) is 17.6 Å². The molecule has 2 aromatic carbocycles. The van der Waals surface area contributed by atoms with E-state index in [1.165, 1.54) is 0 Å². The number of hydrogen-bond donors (Lipinski definition) is 0. The Kier molecular flexibility index (Phi) is 4.32. The van der Waals surface area contributed by atoms with Crippen molar-refractivity contribution >= 4 is 41.1 Å². The van der Waals surface area contributed by atoms with Gasteiger partial charge in [0.1, 0.15) is 0 Å². The van der Waals surface area contributed by atoms with Crippen LogP contribution in [0.25, 0.3) is 0 Å². The third kappa shape index (κ3) is 2.71. The van der Waals surface area contributed by atoms with Crippen LogP contribution in [0.3, 0.4) is 0 Å². The van der Waals surface area contributed by atoms with Gasteiger partial charge in [0.15, 0.2) is 0 Å². The van der Waals surface area contributed by atoms with Crippen LogP contribution in [0.5, 0.6) is 0 Å². The van der Waals surface area contributed by atoms with Crippen LogP contribution < -0.4 is 7.22 Å². The van der Waals surface area contributed by atoms with E-state index in [1.807, 2.05) is 0 Å². The third-order valence-corrected chi connectivity index (χ3v) is 11.6. The molecule has 0 bridgehead atoms. The molecule has 0 N–H and O–H groups in total. The standard InChI is InChI=1S/C12H6Cl2F4Te/c13-19(14,11-7(15)3-1-4-8(11)16)12-9(17)5-2-6-10(12)18/h1-6H. The summed E-state index contributed by atoms with van der Waals surface area (Å²) in [5.41, 5.74) is 0. The molecule has 0 nitrogen and oxygen atoms in total. The first-order valence-corrected chi connectivity index (χ1v) is 13.2. The first kappa shape index (κ1) is 14.9. The van der Waals surface area contributed by atoms with Gasteiger partial charge < -0.3 is 0 Å². The predicted octanol–water partition coefficient (Wildman–Crippen LogP) is 3.28. The molecular formula is C12H6Cl2F4Te. The van der Waals surface area contributed by atoms with E-state index >= 15 is 0 Å². The molecule has 102 valence electrons. The zero-order valence-electron chi connectivity index (χ0n) is 9.14. The summed E-state index contributed by atoms with van der Waals surface area (Å²) in [6, 6.07) is 6.03. The van der Waals surface area contributed by atoms with E-state index in [9.17, 15) is 17.6 Å². The van der Waals surface area contributed by atoms with Crippen LogP contribution in [0, 0.1) is 23.3 Å². The van der Waals surface area contributed by atoms with Crippen LogP contribution in [-0.2, 0) is 0 Å². The molecule has 0 saturated carbocycles. The fourth-order valence-corrected chi connectivity index (χ4v) is 9.67. The summed E-state index contributed by atoms with van der Waals surface area (Å²) in [5, 5.41) is 0. The van der Waals surface area contributed by atoms with E-state index in [0.717, 1.165) is 36.4 Å². The van der Waals surface area contributed by atoms with Gasteiger partial charge in [-0.1, -0.05) is 0 Å². The average Bonchev–Trinajstić information content (AvgIpc) is 2.27. The molecule has 0 unspecified atom stereocenters. The van der Waals surface area contributed by atoms with E-state index in [1.54, 1.807) is 0 Å². The maximum atomic E-state index is 13.7. The van der Waals surface area contributed by atoms with Crippen molar-refractivity contribution < 1.29 is 17.6 Å². The fourth-order valence-electron chi connectivity index (χ4n) is 1.56. The Labute approximate surface area is 118 Å². The molecule has 0 aliphatic carbocycles. The molecule has 0 amide bonds. The fraction of sp³-hybridized carbons (Fsp3) is 0. The van der Waals surface area contributed by atoms with E-state index in [2.05, 4.69) is 0 Å². The first-order valence-electron chi connectivity index (χ1n) is 4.96. The van der Waals surface area contributed by atoms with Crippen LogP contribution >= 0.6 is 17.9 Å². The number of halogens is 6. The van der Waals surface area contributed by atoms with Crippen molar-refractivity contribution in [1.82, 2.24) is 0 Å². The van der Waals surface area contributed by atoms with Gasteiger partial charge in [0, 0.05) is 0 Å². The van der Waals surface area contributed by atoms with Gasteiger partial charge in [-0.15, -0.1) is 0 Å². The van der Waals surface area contributed by atoms with Crippen molar-refractivity contribution in [3.63, 3.8) is 0 Å². The number of benzene rings is 2. The molecule has 0 fully saturated rings. The molecule has 0 aliphatic rings. The molecule has 0 aromatic heterocycles. The summed E-state index contributed by atoms with van der Waals surface area (Å²) in [7, 11) is 12.0. The minimum atomic E-state index is -4.81. The molecule has 0 aliphatic heterocycles. The summed E-state index contributed by atoms with van der Waals surface area (Å²) in [4.78, 5) is 0. The normalized spacial score (nSPS) is 12.5. The van der Waals surface area contributed by atoms with Crippen molar-refractivity contribution in [3.8, 4) is 0 Å². The minimum absolute atomic E-state index is 0.627. The van der Waals surface area contributed by atoms with Gasteiger partial charge in [0.2, 0.25) is 0 Å². The van der Waals surface area contributed by atoms with E-state index in [0.29, 0.717) is 0 Å². The quantitative estimate of drug-likeness (QED) is 0.513. The number of rotatable bonds is 2. The second kappa shape index (κ2) is 5.49. The van der Waals surface area contributed by atoms with Gasteiger partial charge in [0.25, 0.3) is 0 Å². The van der Waals surface area contributed by atoms with E-state index < -0.39 is 46.4 Å². The molecule has 0 spiro atoms. The van der Waals surface area contributed by atoms with Crippen molar-refractivity contribution in [2.75, 3.05) is 0 Å². The molecular weight excluding hydrogens is 419 g/mol. The second-order valence-electron chi connectivity index (χ2n) is 3.57. The monoisotopic (exact) mass is 426 g/mol. The Balaban J connectivity index is 2.73. The van der Waals surface area contributed by atoms with Crippen LogP contribution in [-0.4, -0.2) is 15.9 Å². The van der Waals surface area contributed by atoms with Gasteiger partial charge in [-0.25, -0.2) is 0 Å². The Bertz CT molecular complexity index is 537. The van der Waals surface area contributed by atoms with Crippen molar-refractivity contribution in [2.45, 2.75) is 0 Å². The molecule has 0 heterocycles. The average molecular weight is 425 g/mol. The van der Waals surface area contributed by atoms with E-state index in [4.69, 9.17) is 17.9 Å². The van der Waals surface area contributed by atoms with Crippen molar-refractivity contribution in [2.24, 2.45) is 0 Å². The Morgan fingerprint density at radius 1 is 0.632 bits per heavy atom. The molecule has 0 radical (unpaired) electrons. The van der Waals surface area contributed by atoms with Crippen LogP contribution in [0.15, 0.2) is 36.4 Å². The third-order valence-electron chi connectivity index (χ3n) is 2.35. The SMILES string of the molecule is Fc1cccc(F)c1[Te](Cl)(Cl)c1c(F)cccc1F. The van der Waals surface area contributed by atoms with Gasteiger partial charge in [-0.05, 0) is 0 Å². The topological polar surface area (TPSA) is 0 Å². The van der Waals surface area contributed by atoms with Crippen LogP contribution in [0.2, 0.25) is 0 Å². The van der Waals surface area contributed by atoms with Gasteiger partial charge in [0.05, 0.1) is 0 Å². The van der Waals surface area contributed by atoms with Crippen LogP contribution in [0.1, 0.15) is 0 Å². The summed E-state index contributed by atoms with van der Waals surface area (Å²) < 4.78 is 53.5. The maximum absolute atomic E-state index is 13.7. The molecule has 0 atom stereocenters. The van der Waals surface area contributed by atoms with Gasteiger partial charge >= 0.3 is 118 Å². The molecule has 7 heteroatoms. The summed E-state index contributed by atoms with van der Waals surface area (Å²) in [6.45, 7) is 0. The Morgan fingerprint density at radius 2 is 0.895 bits per heavy atom. The Hall–Kier alpha value is -0.470. The second-order valence-corrected chi connectivity index (χ2v) is 15.8. The van der Waals surface area contributed by atoms with Crippen molar-refractivity contribution in [3.05, 3.63) is 59.7 Å². The molecule has 19 heavy (non-hydrogen) atoms. The Morgan fingerprint density at radius 3 is 1.16 bits per heavy atom. The molecule has 2 rings (SSSR count). The summed E-state index contributed by atoms with van der Waals surface area (Å²) >= 11 is -4.81. The zero-order chi connectivity index (χ0) is 14.2. The molecule has 2 aromatic rings. The summed E-state index contributed by atoms with van der Waals surface area (Å²) in [6.07, 6.45) is 0. The van der Waals surface area contributed by atoms with Crippen molar-refractivity contribution in [1.29, 1.82) is 0 Å². The first-order chi connectivity index (χ1) is 8.85. The van der Waals surface area contributed by atoms with Gasteiger partial charge in [-0.2, -0.15) is 0 Å². The molecule has 0 saturated heterocycles. The predicted molar refractivity (Wildman–Crippen MR) is 69.4 cm³/mol. The van der Waals surface area contributed by atoms with Gasteiger partial charge in [-0.3, -0.25) is 0 Å². The summed E-state index contributed by atoms with van der Waals surface area (Å²) in [5.74, 6) is -4.02. The number of hydrogen-bond acceptors (Lipinski definition) is 0. The zero-order valence-corrected chi connectivity index (χ0v) is 13.0. The van der Waals surface area contributed by atoms with E-state index in [-0.39, 0.29) is 0 Å².